The van der Waals surface area contributed by atoms with Crippen molar-refractivity contribution in [2.24, 2.45) is 7.05 Å². The Morgan fingerprint density at radius 2 is 1.93 bits per heavy atom. The molecule has 2 heterocycles. The van der Waals surface area contributed by atoms with Crippen molar-refractivity contribution in [3.05, 3.63) is 99.2 Å². The van der Waals surface area contributed by atoms with Gasteiger partial charge in [0, 0.05) is 18.7 Å². The minimum Gasteiger partial charge on any atom is -0.488 e. The summed E-state index contributed by atoms with van der Waals surface area (Å²) in [6.07, 6.45) is 2.05. The van der Waals surface area contributed by atoms with Gasteiger partial charge in [-0.25, -0.2) is 9.18 Å². The summed E-state index contributed by atoms with van der Waals surface area (Å²) >= 11 is 0. The van der Waals surface area contributed by atoms with Crippen LogP contribution in [0.1, 0.15) is 22.3 Å². The number of aromatic nitrogens is 2. The second kappa shape index (κ2) is 6.23. The monoisotopic (exact) mass is 372 g/mol. The highest BCUT2D eigenvalue weighted by molar-refractivity contribution is 5.95. The van der Waals surface area contributed by atoms with E-state index in [-0.39, 0.29) is 11.5 Å². The van der Waals surface area contributed by atoms with Gasteiger partial charge >= 0.3 is 5.69 Å². The molecular formula is C23H17FN2O2. The van der Waals surface area contributed by atoms with Gasteiger partial charge in [0.2, 0.25) is 0 Å². The first kappa shape index (κ1) is 16.6. The number of nitrogens with zero attached hydrogens (tertiary/aromatic N) is 1. The third kappa shape index (κ3) is 2.63. The van der Waals surface area contributed by atoms with Gasteiger partial charge in [0.15, 0.2) is 0 Å². The van der Waals surface area contributed by atoms with E-state index >= 15 is 0 Å². The van der Waals surface area contributed by atoms with Crippen molar-refractivity contribution >= 4 is 22.7 Å². The van der Waals surface area contributed by atoms with Gasteiger partial charge in [0.25, 0.3) is 0 Å². The van der Waals surface area contributed by atoms with Gasteiger partial charge in [-0.2, -0.15) is 0 Å². The molecule has 1 aliphatic rings. The summed E-state index contributed by atoms with van der Waals surface area (Å²) in [6, 6.07) is 18.5. The molecule has 0 aliphatic carbocycles. The van der Waals surface area contributed by atoms with E-state index in [1.807, 2.05) is 42.5 Å². The van der Waals surface area contributed by atoms with Crippen LogP contribution in [-0.4, -0.2) is 9.55 Å². The van der Waals surface area contributed by atoms with Gasteiger partial charge in [0.05, 0.1) is 11.0 Å². The number of aromatic amines is 1. The molecular weight excluding hydrogens is 355 g/mol. The van der Waals surface area contributed by atoms with Gasteiger partial charge in [-0.15, -0.1) is 0 Å². The van der Waals surface area contributed by atoms with Crippen molar-refractivity contribution in [2.45, 2.75) is 6.61 Å². The number of H-pyrrole nitrogens is 1. The van der Waals surface area contributed by atoms with Crippen molar-refractivity contribution in [1.29, 1.82) is 0 Å². The zero-order chi connectivity index (χ0) is 19.3. The fourth-order valence-electron chi connectivity index (χ4n) is 3.71. The van der Waals surface area contributed by atoms with Gasteiger partial charge in [-0.1, -0.05) is 30.3 Å². The van der Waals surface area contributed by atoms with E-state index in [2.05, 4.69) is 11.1 Å². The summed E-state index contributed by atoms with van der Waals surface area (Å²) in [5, 5.41) is 0. The summed E-state index contributed by atoms with van der Waals surface area (Å²) in [6.45, 7) is 0.384. The normalized spacial score (nSPS) is 14.4. The molecule has 0 radical (unpaired) electrons. The van der Waals surface area contributed by atoms with E-state index in [0.717, 1.165) is 38.9 Å². The Labute approximate surface area is 160 Å². The quantitative estimate of drug-likeness (QED) is 0.535. The Morgan fingerprint density at radius 1 is 1.07 bits per heavy atom. The summed E-state index contributed by atoms with van der Waals surface area (Å²) in [5.41, 5.74) is 6.31. The molecule has 0 bridgehead atoms. The number of ether oxygens (including phenoxy) is 1. The molecule has 0 fully saturated rings. The first-order valence-electron chi connectivity index (χ1n) is 9.01. The molecule has 0 saturated heterocycles. The molecule has 1 aromatic heterocycles. The molecule has 1 aliphatic heterocycles. The number of halogens is 1. The Kier molecular flexibility index (Phi) is 3.69. The van der Waals surface area contributed by atoms with Crippen LogP contribution in [0, 0.1) is 5.82 Å². The van der Waals surface area contributed by atoms with Crippen molar-refractivity contribution < 1.29 is 9.13 Å². The molecule has 0 spiro atoms. The van der Waals surface area contributed by atoms with Crippen LogP contribution < -0.4 is 10.4 Å². The van der Waals surface area contributed by atoms with Crippen LogP contribution in [0.4, 0.5) is 4.39 Å². The minimum absolute atomic E-state index is 0.145. The number of nitrogens with one attached hydrogen (secondary N) is 1. The van der Waals surface area contributed by atoms with Crippen molar-refractivity contribution in [3.8, 4) is 5.75 Å². The average molecular weight is 372 g/mol. The molecule has 0 amide bonds. The van der Waals surface area contributed by atoms with Crippen LogP contribution in [0.15, 0.2) is 65.5 Å². The van der Waals surface area contributed by atoms with Gasteiger partial charge in [-0.05, 0) is 52.6 Å². The van der Waals surface area contributed by atoms with Crippen LogP contribution in [-0.2, 0) is 13.7 Å². The SMILES string of the molecule is Cn1c(=O)[nH]c2cc(/C=C3\c4ccccc4COc4cc(F)ccc43)ccc21. The van der Waals surface area contributed by atoms with Gasteiger partial charge in [0.1, 0.15) is 18.2 Å². The zero-order valence-electron chi connectivity index (χ0n) is 15.2. The van der Waals surface area contributed by atoms with Crippen LogP contribution in [0.25, 0.3) is 22.7 Å². The molecule has 0 atom stereocenters. The largest absolute Gasteiger partial charge is 0.488 e. The number of rotatable bonds is 1. The molecule has 0 saturated carbocycles. The van der Waals surface area contributed by atoms with E-state index in [1.165, 1.54) is 12.1 Å². The highest BCUT2D eigenvalue weighted by Gasteiger charge is 2.19. The lowest BCUT2D eigenvalue weighted by molar-refractivity contribution is 0.305. The summed E-state index contributed by atoms with van der Waals surface area (Å²) in [4.78, 5) is 14.8. The average Bonchev–Trinajstić information content (AvgIpc) is 2.89. The molecule has 138 valence electrons. The maximum Gasteiger partial charge on any atom is 0.326 e. The van der Waals surface area contributed by atoms with Gasteiger partial charge < -0.3 is 9.72 Å². The Bertz CT molecular complexity index is 1310. The number of hydrogen-bond donors (Lipinski definition) is 1. The zero-order valence-corrected chi connectivity index (χ0v) is 15.2. The second-order valence-electron chi connectivity index (χ2n) is 6.91. The van der Waals surface area contributed by atoms with E-state index in [4.69, 9.17) is 4.74 Å². The molecule has 1 N–H and O–H groups in total. The maximum atomic E-state index is 13.8. The lowest BCUT2D eigenvalue weighted by atomic mass is 9.92. The third-order valence-electron chi connectivity index (χ3n) is 5.16. The fourth-order valence-corrected chi connectivity index (χ4v) is 3.71. The second-order valence-corrected chi connectivity index (χ2v) is 6.91. The number of hydrogen-bond acceptors (Lipinski definition) is 2. The van der Waals surface area contributed by atoms with E-state index < -0.39 is 0 Å². The third-order valence-corrected chi connectivity index (χ3v) is 5.16. The topological polar surface area (TPSA) is 47.0 Å². The Morgan fingerprint density at radius 3 is 2.82 bits per heavy atom. The molecule has 4 aromatic rings. The van der Waals surface area contributed by atoms with Crippen LogP contribution >= 0.6 is 0 Å². The van der Waals surface area contributed by atoms with Crippen molar-refractivity contribution in [2.75, 3.05) is 0 Å². The molecule has 5 heteroatoms. The van der Waals surface area contributed by atoms with Gasteiger partial charge in [-0.3, -0.25) is 4.57 Å². The predicted molar refractivity (Wildman–Crippen MR) is 108 cm³/mol. The number of aryl methyl sites for hydroxylation is 1. The summed E-state index contributed by atoms with van der Waals surface area (Å²) < 4.78 is 21.3. The first-order valence-corrected chi connectivity index (χ1v) is 9.01. The molecule has 28 heavy (non-hydrogen) atoms. The standard InChI is InChI=1S/C23H17FN2O2/c1-26-21-9-6-14(11-20(21)25-23(26)27)10-19-17-5-3-2-4-15(17)13-28-22-12-16(24)7-8-18(19)22/h2-12H,13H2,1H3,(H,25,27)/b19-10+. The maximum absolute atomic E-state index is 13.8. The first-order chi connectivity index (χ1) is 13.6. The number of fused-ring (bicyclic) bond motifs is 3. The van der Waals surface area contributed by atoms with E-state index in [0.29, 0.717) is 12.4 Å². The van der Waals surface area contributed by atoms with Crippen LogP contribution in [0.2, 0.25) is 0 Å². The van der Waals surface area contributed by atoms with E-state index in [1.54, 1.807) is 17.7 Å². The van der Waals surface area contributed by atoms with Crippen LogP contribution in [0.5, 0.6) is 5.75 Å². The predicted octanol–water partition coefficient (Wildman–Crippen LogP) is 4.49. The molecule has 3 aromatic carbocycles. The van der Waals surface area contributed by atoms with E-state index in [9.17, 15) is 9.18 Å². The lowest BCUT2D eigenvalue weighted by Gasteiger charge is -2.11. The highest BCUT2D eigenvalue weighted by Crippen LogP contribution is 2.38. The minimum atomic E-state index is -0.327. The van der Waals surface area contributed by atoms with Crippen molar-refractivity contribution in [3.63, 3.8) is 0 Å². The lowest BCUT2D eigenvalue weighted by Crippen LogP contribution is -2.11. The smallest absolute Gasteiger partial charge is 0.326 e. The summed E-state index contributed by atoms with van der Waals surface area (Å²) in [5.74, 6) is 0.198. The van der Waals surface area contributed by atoms with Crippen molar-refractivity contribution in [1.82, 2.24) is 9.55 Å². The summed E-state index contributed by atoms with van der Waals surface area (Å²) in [7, 11) is 1.74. The highest BCUT2D eigenvalue weighted by atomic mass is 19.1. The fraction of sp³-hybridized carbons (Fsp3) is 0.0870. The Hall–Kier alpha value is -3.60. The molecule has 5 rings (SSSR count). The molecule has 4 nitrogen and oxygen atoms in total. The molecule has 0 unspecified atom stereocenters. The number of benzene rings is 3. The number of imidazole rings is 1. The Balaban J connectivity index is 1.75. The van der Waals surface area contributed by atoms with Crippen LogP contribution in [0.3, 0.4) is 0 Å².